The molecule has 1 aliphatic rings. The molecule has 1 unspecified atom stereocenters. The highest BCUT2D eigenvalue weighted by Crippen LogP contribution is 2.28. The molecule has 23 heavy (non-hydrogen) atoms. The number of guanidine groups is 1. The van der Waals surface area contributed by atoms with Crippen molar-refractivity contribution >= 4 is 41.3 Å². The number of aliphatic imine (C=N–C) groups is 1. The molecule has 0 aliphatic carbocycles. The van der Waals surface area contributed by atoms with Gasteiger partial charge >= 0.3 is 0 Å². The number of halogens is 1. The Kier molecular flexibility index (Phi) is 9.81. The van der Waals surface area contributed by atoms with Crippen LogP contribution in [0.4, 0.5) is 0 Å². The monoisotopic (exact) mass is 448 g/mol. The van der Waals surface area contributed by atoms with Crippen LogP contribution in [0, 0.1) is 5.92 Å². The summed E-state index contributed by atoms with van der Waals surface area (Å²) < 4.78 is 0. The standard InChI is InChI=1S/C17H28N4S.HI/c1-4-9-19-17(18-3)20-13-15(16-6-5-12-22-16)21-10-7-14(2)8-11-21;/h4-6,12,14-15H,1,7-11,13H2,2-3H3,(H2,18,19,20);1H. The second kappa shape index (κ2) is 11.0. The van der Waals surface area contributed by atoms with E-state index in [0.717, 1.165) is 25.0 Å². The molecule has 4 nitrogen and oxygen atoms in total. The maximum atomic E-state index is 4.27. The molecule has 1 atom stereocenters. The first-order chi connectivity index (χ1) is 10.7. The highest BCUT2D eigenvalue weighted by molar-refractivity contribution is 14.0. The predicted molar refractivity (Wildman–Crippen MR) is 112 cm³/mol. The van der Waals surface area contributed by atoms with Crippen molar-refractivity contribution in [3.05, 3.63) is 35.0 Å². The first-order valence-corrected chi connectivity index (χ1v) is 8.95. The van der Waals surface area contributed by atoms with Crippen LogP contribution in [-0.2, 0) is 0 Å². The van der Waals surface area contributed by atoms with E-state index >= 15 is 0 Å². The summed E-state index contributed by atoms with van der Waals surface area (Å²) in [4.78, 5) is 8.31. The van der Waals surface area contributed by atoms with Crippen molar-refractivity contribution in [2.24, 2.45) is 10.9 Å². The molecule has 2 N–H and O–H groups in total. The molecular weight excluding hydrogens is 419 g/mol. The van der Waals surface area contributed by atoms with Crippen molar-refractivity contribution in [2.45, 2.75) is 25.8 Å². The fourth-order valence-electron chi connectivity index (χ4n) is 2.81. The van der Waals surface area contributed by atoms with Crippen LogP contribution in [0.15, 0.2) is 35.2 Å². The van der Waals surface area contributed by atoms with E-state index in [1.54, 1.807) is 7.05 Å². The lowest BCUT2D eigenvalue weighted by Gasteiger charge is -2.36. The Hall–Kier alpha value is -0.600. The number of hydrogen-bond acceptors (Lipinski definition) is 3. The Morgan fingerprint density at radius 1 is 1.48 bits per heavy atom. The summed E-state index contributed by atoms with van der Waals surface area (Å²) in [6.07, 6.45) is 4.44. The normalized spacial score (nSPS) is 18.1. The van der Waals surface area contributed by atoms with Gasteiger partial charge in [-0.2, -0.15) is 0 Å². The van der Waals surface area contributed by atoms with Gasteiger partial charge in [0.1, 0.15) is 0 Å². The molecular formula is C17H29IN4S. The second-order valence-corrected chi connectivity index (χ2v) is 6.85. The number of thiophene rings is 1. The zero-order chi connectivity index (χ0) is 15.8. The van der Waals surface area contributed by atoms with Gasteiger partial charge in [-0.05, 0) is 43.3 Å². The lowest BCUT2D eigenvalue weighted by Crippen LogP contribution is -2.45. The third-order valence-corrected chi connectivity index (χ3v) is 5.20. The van der Waals surface area contributed by atoms with Crippen molar-refractivity contribution in [1.82, 2.24) is 15.5 Å². The van der Waals surface area contributed by atoms with Gasteiger partial charge in [0.25, 0.3) is 0 Å². The van der Waals surface area contributed by atoms with Crippen LogP contribution in [0.2, 0.25) is 0 Å². The Morgan fingerprint density at radius 3 is 2.78 bits per heavy atom. The maximum absolute atomic E-state index is 4.27. The topological polar surface area (TPSA) is 39.7 Å². The van der Waals surface area contributed by atoms with Gasteiger partial charge < -0.3 is 10.6 Å². The van der Waals surface area contributed by atoms with Crippen molar-refractivity contribution in [1.29, 1.82) is 0 Å². The lowest BCUT2D eigenvalue weighted by atomic mass is 9.97. The van der Waals surface area contributed by atoms with E-state index in [9.17, 15) is 0 Å². The molecule has 0 amide bonds. The molecule has 0 aromatic carbocycles. The number of nitrogens with zero attached hydrogens (tertiary/aromatic N) is 2. The number of likely N-dealkylation sites (tertiary alicyclic amines) is 1. The zero-order valence-electron chi connectivity index (χ0n) is 14.1. The quantitative estimate of drug-likeness (QED) is 0.303. The van der Waals surface area contributed by atoms with E-state index in [-0.39, 0.29) is 24.0 Å². The van der Waals surface area contributed by atoms with Crippen LogP contribution in [0.3, 0.4) is 0 Å². The van der Waals surface area contributed by atoms with Gasteiger partial charge in [-0.3, -0.25) is 9.89 Å². The smallest absolute Gasteiger partial charge is 0.191 e. The minimum Gasteiger partial charge on any atom is -0.354 e. The van der Waals surface area contributed by atoms with Gasteiger partial charge in [0, 0.05) is 25.0 Å². The van der Waals surface area contributed by atoms with E-state index in [1.165, 1.54) is 30.8 Å². The largest absolute Gasteiger partial charge is 0.354 e. The van der Waals surface area contributed by atoms with Crippen molar-refractivity contribution in [3.63, 3.8) is 0 Å². The Bertz CT molecular complexity index is 467. The third-order valence-electron chi connectivity index (χ3n) is 4.23. The van der Waals surface area contributed by atoms with E-state index in [1.807, 2.05) is 17.4 Å². The maximum Gasteiger partial charge on any atom is 0.191 e. The van der Waals surface area contributed by atoms with E-state index in [2.05, 4.69) is 51.5 Å². The van der Waals surface area contributed by atoms with Crippen molar-refractivity contribution in [2.75, 3.05) is 33.2 Å². The zero-order valence-corrected chi connectivity index (χ0v) is 17.3. The Labute approximate surface area is 161 Å². The molecule has 0 radical (unpaired) electrons. The molecule has 1 aromatic rings. The first-order valence-electron chi connectivity index (χ1n) is 8.07. The number of piperidine rings is 1. The summed E-state index contributed by atoms with van der Waals surface area (Å²) in [5.74, 6) is 1.70. The van der Waals surface area contributed by atoms with Crippen LogP contribution < -0.4 is 10.6 Å². The molecule has 0 saturated carbocycles. The van der Waals surface area contributed by atoms with Crippen LogP contribution >= 0.6 is 35.3 Å². The highest BCUT2D eigenvalue weighted by Gasteiger charge is 2.25. The van der Waals surface area contributed by atoms with Gasteiger partial charge in [-0.15, -0.1) is 41.9 Å². The molecule has 6 heteroatoms. The number of nitrogens with one attached hydrogen (secondary N) is 2. The fraction of sp³-hybridized carbons (Fsp3) is 0.588. The van der Waals surface area contributed by atoms with E-state index < -0.39 is 0 Å². The predicted octanol–water partition coefficient (Wildman–Crippen LogP) is 3.49. The third kappa shape index (κ3) is 6.43. The number of hydrogen-bond donors (Lipinski definition) is 2. The molecule has 0 spiro atoms. The fourth-order valence-corrected chi connectivity index (χ4v) is 3.67. The number of rotatable bonds is 6. The van der Waals surface area contributed by atoms with Crippen molar-refractivity contribution in [3.8, 4) is 0 Å². The van der Waals surface area contributed by atoms with Gasteiger partial charge in [0.15, 0.2) is 5.96 Å². The summed E-state index contributed by atoms with van der Waals surface area (Å²) in [7, 11) is 1.81. The highest BCUT2D eigenvalue weighted by atomic mass is 127. The van der Waals surface area contributed by atoms with E-state index in [4.69, 9.17) is 0 Å². The van der Waals surface area contributed by atoms with Crippen LogP contribution in [0.1, 0.15) is 30.7 Å². The summed E-state index contributed by atoms with van der Waals surface area (Å²) in [6.45, 7) is 10.1. The van der Waals surface area contributed by atoms with Crippen LogP contribution in [0.5, 0.6) is 0 Å². The second-order valence-electron chi connectivity index (χ2n) is 5.87. The summed E-state index contributed by atoms with van der Waals surface area (Å²) >= 11 is 1.84. The average molecular weight is 448 g/mol. The lowest BCUT2D eigenvalue weighted by molar-refractivity contribution is 0.140. The molecule has 130 valence electrons. The molecule has 1 saturated heterocycles. The average Bonchev–Trinajstić information content (AvgIpc) is 3.06. The van der Waals surface area contributed by atoms with Gasteiger partial charge in [0.2, 0.25) is 0 Å². The molecule has 2 heterocycles. The van der Waals surface area contributed by atoms with Gasteiger partial charge in [-0.1, -0.05) is 19.1 Å². The molecule has 2 rings (SSSR count). The summed E-state index contributed by atoms with van der Waals surface area (Å²) in [5, 5.41) is 8.86. The molecule has 1 aromatic heterocycles. The Morgan fingerprint density at radius 2 is 2.22 bits per heavy atom. The first kappa shape index (κ1) is 20.4. The van der Waals surface area contributed by atoms with Gasteiger partial charge in [0.05, 0.1) is 6.04 Å². The molecule has 0 bridgehead atoms. The van der Waals surface area contributed by atoms with Crippen LogP contribution in [-0.4, -0.2) is 44.1 Å². The summed E-state index contributed by atoms with van der Waals surface area (Å²) in [6, 6.07) is 4.81. The van der Waals surface area contributed by atoms with Crippen molar-refractivity contribution < 1.29 is 0 Å². The minimum atomic E-state index is 0. The summed E-state index contributed by atoms with van der Waals surface area (Å²) in [5.41, 5.74) is 0. The van der Waals surface area contributed by atoms with Gasteiger partial charge in [-0.25, -0.2) is 0 Å². The minimum absolute atomic E-state index is 0. The Balaban J connectivity index is 0.00000264. The van der Waals surface area contributed by atoms with E-state index in [0.29, 0.717) is 6.04 Å². The molecule has 1 fully saturated rings. The molecule has 1 aliphatic heterocycles. The van der Waals surface area contributed by atoms with Crippen LogP contribution in [0.25, 0.3) is 0 Å². The SMILES string of the molecule is C=CCNC(=NC)NCC(c1cccs1)N1CCC(C)CC1.I.